The maximum absolute atomic E-state index is 9.40. The minimum atomic E-state index is 0.0755. The summed E-state index contributed by atoms with van der Waals surface area (Å²) in [5, 5.41) is 9.40. The highest BCUT2D eigenvalue weighted by molar-refractivity contribution is 5.87. The van der Waals surface area contributed by atoms with E-state index in [0.717, 1.165) is 11.3 Å². The zero-order chi connectivity index (χ0) is 16.8. The quantitative estimate of drug-likeness (QED) is 0.842. The number of benzene rings is 1. The van der Waals surface area contributed by atoms with Crippen LogP contribution in [-0.4, -0.2) is 35.7 Å². The molecule has 7 heteroatoms. The predicted octanol–water partition coefficient (Wildman–Crippen LogP) is 1.98. The summed E-state index contributed by atoms with van der Waals surface area (Å²) < 4.78 is 5.39. The zero-order valence-corrected chi connectivity index (χ0v) is 13.3. The van der Waals surface area contributed by atoms with Gasteiger partial charge in [0.25, 0.3) is 0 Å². The number of aromatic nitrogens is 3. The molecule has 0 saturated heterocycles. The van der Waals surface area contributed by atoms with E-state index < -0.39 is 0 Å². The van der Waals surface area contributed by atoms with Gasteiger partial charge in [-0.1, -0.05) is 12.1 Å². The molecule has 0 aliphatic carbocycles. The van der Waals surface area contributed by atoms with Crippen molar-refractivity contribution in [3.05, 3.63) is 35.7 Å². The van der Waals surface area contributed by atoms with Crippen molar-refractivity contribution in [3.8, 4) is 11.8 Å². The van der Waals surface area contributed by atoms with Crippen LogP contribution < -0.4 is 15.4 Å². The summed E-state index contributed by atoms with van der Waals surface area (Å²) in [5.41, 5.74) is 6.85. The summed E-state index contributed by atoms with van der Waals surface area (Å²) in [6, 6.07) is 9.51. The average Bonchev–Trinajstić information content (AvgIpc) is 2.53. The molecule has 2 rings (SSSR count). The Morgan fingerprint density at radius 3 is 2.52 bits per heavy atom. The molecule has 0 aliphatic rings. The van der Waals surface area contributed by atoms with Crippen LogP contribution in [0.5, 0.6) is 5.75 Å². The van der Waals surface area contributed by atoms with Gasteiger partial charge >= 0.3 is 0 Å². The summed E-state index contributed by atoms with van der Waals surface area (Å²) in [6.07, 6.45) is 1.70. The number of allylic oxidation sites excluding steroid dienone is 1. The third kappa shape index (κ3) is 4.17. The zero-order valence-electron chi connectivity index (χ0n) is 13.3. The van der Waals surface area contributed by atoms with Crippen molar-refractivity contribution in [2.75, 3.05) is 31.3 Å². The Bertz CT molecular complexity index is 746. The average molecular weight is 310 g/mol. The van der Waals surface area contributed by atoms with Gasteiger partial charge in [0.15, 0.2) is 5.82 Å². The van der Waals surface area contributed by atoms with E-state index in [9.17, 15) is 5.26 Å². The Morgan fingerprint density at radius 1 is 1.26 bits per heavy atom. The summed E-state index contributed by atoms with van der Waals surface area (Å²) in [6.45, 7) is 2.53. The number of nitriles is 1. The smallest absolute Gasteiger partial charge is 0.230 e. The second-order valence-corrected chi connectivity index (χ2v) is 4.88. The van der Waals surface area contributed by atoms with Crippen molar-refractivity contribution < 1.29 is 4.74 Å². The largest absolute Gasteiger partial charge is 0.494 e. The Labute approximate surface area is 135 Å². The monoisotopic (exact) mass is 310 g/mol. The van der Waals surface area contributed by atoms with Crippen LogP contribution in [0.25, 0.3) is 11.6 Å². The molecule has 0 saturated carbocycles. The van der Waals surface area contributed by atoms with Crippen molar-refractivity contribution in [1.82, 2.24) is 15.0 Å². The van der Waals surface area contributed by atoms with Gasteiger partial charge < -0.3 is 15.4 Å². The molecule has 1 heterocycles. The van der Waals surface area contributed by atoms with E-state index in [1.807, 2.05) is 31.2 Å². The Hall–Kier alpha value is -3.14. The molecule has 118 valence electrons. The highest BCUT2D eigenvalue weighted by Gasteiger charge is 2.10. The first-order valence-electron chi connectivity index (χ1n) is 7.07. The topological polar surface area (TPSA) is 101 Å². The van der Waals surface area contributed by atoms with Gasteiger partial charge in [-0.2, -0.15) is 20.2 Å². The second kappa shape index (κ2) is 7.22. The number of anilines is 2. The van der Waals surface area contributed by atoms with Crippen LogP contribution in [-0.2, 0) is 0 Å². The number of hydrogen-bond donors (Lipinski definition) is 1. The Morgan fingerprint density at radius 2 is 1.96 bits per heavy atom. The van der Waals surface area contributed by atoms with Crippen LogP contribution >= 0.6 is 0 Å². The lowest BCUT2D eigenvalue weighted by Gasteiger charge is -2.11. The van der Waals surface area contributed by atoms with Gasteiger partial charge in [-0.15, -0.1) is 0 Å². The van der Waals surface area contributed by atoms with Gasteiger partial charge in [0.05, 0.1) is 12.2 Å². The van der Waals surface area contributed by atoms with E-state index in [1.165, 1.54) is 0 Å². The van der Waals surface area contributed by atoms with E-state index in [2.05, 4.69) is 21.0 Å². The summed E-state index contributed by atoms with van der Waals surface area (Å²) in [4.78, 5) is 14.0. The molecule has 2 N–H and O–H groups in total. The molecule has 0 unspecified atom stereocenters. The van der Waals surface area contributed by atoms with E-state index >= 15 is 0 Å². The number of nitrogens with zero attached hydrogens (tertiary/aromatic N) is 5. The number of nitrogens with two attached hydrogens (primary N) is 1. The minimum absolute atomic E-state index is 0.0755. The summed E-state index contributed by atoms with van der Waals surface area (Å²) in [5.74, 6) is 1.51. The number of hydrogen-bond acceptors (Lipinski definition) is 7. The lowest BCUT2D eigenvalue weighted by atomic mass is 10.1. The van der Waals surface area contributed by atoms with E-state index in [-0.39, 0.29) is 11.8 Å². The Balaban J connectivity index is 2.37. The highest BCUT2D eigenvalue weighted by atomic mass is 16.5. The molecule has 0 amide bonds. The molecular formula is C16H18N6O. The molecule has 2 aromatic rings. The molecule has 0 spiro atoms. The van der Waals surface area contributed by atoms with Gasteiger partial charge in [0, 0.05) is 14.1 Å². The van der Waals surface area contributed by atoms with Crippen molar-refractivity contribution >= 4 is 23.5 Å². The second-order valence-electron chi connectivity index (χ2n) is 4.88. The fraction of sp³-hybridized carbons (Fsp3) is 0.250. The fourth-order valence-corrected chi connectivity index (χ4v) is 1.84. The molecule has 0 atom stereocenters. The van der Waals surface area contributed by atoms with Crippen LogP contribution in [0.15, 0.2) is 24.3 Å². The van der Waals surface area contributed by atoms with Crippen LogP contribution in [0.4, 0.5) is 11.9 Å². The predicted molar refractivity (Wildman–Crippen MR) is 89.7 cm³/mol. The van der Waals surface area contributed by atoms with Gasteiger partial charge in [0.2, 0.25) is 11.9 Å². The first kappa shape index (κ1) is 16.2. The molecule has 0 fully saturated rings. The maximum Gasteiger partial charge on any atom is 0.230 e. The Kier molecular flexibility index (Phi) is 5.10. The van der Waals surface area contributed by atoms with E-state index in [1.54, 1.807) is 25.1 Å². The third-order valence-electron chi connectivity index (χ3n) is 2.90. The van der Waals surface area contributed by atoms with Crippen molar-refractivity contribution in [1.29, 1.82) is 5.26 Å². The summed E-state index contributed by atoms with van der Waals surface area (Å²) in [7, 11) is 3.58. The molecular weight excluding hydrogens is 292 g/mol. The third-order valence-corrected chi connectivity index (χ3v) is 2.90. The molecule has 0 aliphatic heterocycles. The van der Waals surface area contributed by atoms with Crippen LogP contribution in [0.2, 0.25) is 0 Å². The number of rotatable bonds is 5. The fourth-order valence-electron chi connectivity index (χ4n) is 1.84. The van der Waals surface area contributed by atoms with Crippen molar-refractivity contribution in [3.63, 3.8) is 0 Å². The lowest BCUT2D eigenvalue weighted by Crippen LogP contribution is -2.15. The van der Waals surface area contributed by atoms with Crippen LogP contribution in [0.1, 0.15) is 18.3 Å². The van der Waals surface area contributed by atoms with E-state index in [0.29, 0.717) is 18.1 Å². The summed E-state index contributed by atoms with van der Waals surface area (Å²) >= 11 is 0. The van der Waals surface area contributed by atoms with Crippen molar-refractivity contribution in [2.24, 2.45) is 0 Å². The molecule has 0 radical (unpaired) electrons. The van der Waals surface area contributed by atoms with E-state index in [4.69, 9.17) is 10.5 Å². The molecule has 1 aromatic carbocycles. The molecule has 1 aromatic heterocycles. The number of nitrogen functional groups attached to an aromatic ring is 1. The van der Waals surface area contributed by atoms with Crippen LogP contribution in [0.3, 0.4) is 0 Å². The number of ether oxygens (including phenoxy) is 1. The molecule has 7 nitrogen and oxygen atoms in total. The normalized spacial score (nSPS) is 11.0. The highest BCUT2D eigenvalue weighted by Crippen LogP contribution is 2.19. The first-order valence-corrected chi connectivity index (χ1v) is 7.07. The van der Waals surface area contributed by atoms with Crippen LogP contribution in [0, 0.1) is 11.3 Å². The van der Waals surface area contributed by atoms with Crippen molar-refractivity contribution in [2.45, 2.75) is 6.92 Å². The van der Waals surface area contributed by atoms with Gasteiger partial charge in [-0.25, -0.2) is 0 Å². The standard InChI is InChI=1S/C16H18N6O/c1-4-23-13-7-5-11(6-8-13)9-12(10-17)14-19-15(18)21-16(20-14)22(2)3/h5-9H,4H2,1-3H3,(H2,18,19,20,21). The maximum atomic E-state index is 9.40. The molecule has 23 heavy (non-hydrogen) atoms. The lowest BCUT2D eigenvalue weighted by molar-refractivity contribution is 0.340. The first-order chi connectivity index (χ1) is 11.0. The van der Waals surface area contributed by atoms with Gasteiger partial charge in [0.1, 0.15) is 11.8 Å². The minimum Gasteiger partial charge on any atom is -0.494 e. The van der Waals surface area contributed by atoms with Gasteiger partial charge in [-0.3, -0.25) is 0 Å². The van der Waals surface area contributed by atoms with Gasteiger partial charge in [-0.05, 0) is 30.7 Å². The SMILES string of the molecule is CCOc1ccc(C=C(C#N)c2nc(N)nc(N(C)C)n2)cc1. The molecule has 0 bridgehead atoms.